The number of nitrogens with one attached hydrogen (secondary N) is 2. The van der Waals surface area contributed by atoms with Crippen LogP contribution in [0, 0.1) is 12.7 Å². The predicted octanol–water partition coefficient (Wildman–Crippen LogP) is 4.51. The third-order valence-corrected chi connectivity index (χ3v) is 6.28. The monoisotopic (exact) mass is 424 g/mol. The molecule has 7 nitrogen and oxygen atoms in total. The largest absolute Gasteiger partial charge is 0.492 e. The van der Waals surface area contributed by atoms with Gasteiger partial charge >= 0.3 is 0 Å². The summed E-state index contributed by atoms with van der Waals surface area (Å²) in [5, 5.41) is 19.9. The minimum Gasteiger partial charge on any atom is -0.492 e. The Bertz CT molecular complexity index is 1370. The topological polar surface area (TPSA) is 80.7 Å². The van der Waals surface area contributed by atoms with Gasteiger partial charge in [0.15, 0.2) is 5.82 Å². The van der Waals surface area contributed by atoms with Crippen molar-refractivity contribution in [3.63, 3.8) is 0 Å². The van der Waals surface area contributed by atoms with Crippen LogP contribution in [0.5, 0.6) is 5.75 Å². The summed E-state index contributed by atoms with van der Waals surface area (Å²) in [5.41, 5.74) is 4.19. The first kappa shape index (κ1) is 17.7. The summed E-state index contributed by atoms with van der Waals surface area (Å²) in [6, 6.07) is 3.33. The highest BCUT2D eigenvalue weighted by Gasteiger charge is 2.40. The van der Waals surface area contributed by atoms with E-state index in [0.717, 1.165) is 35.0 Å². The van der Waals surface area contributed by atoms with E-state index in [1.807, 2.05) is 17.6 Å². The van der Waals surface area contributed by atoms with Gasteiger partial charge in [0.2, 0.25) is 0 Å². The second-order valence-electron chi connectivity index (χ2n) is 8.26. The van der Waals surface area contributed by atoms with E-state index in [1.165, 1.54) is 12.3 Å². The molecule has 0 aliphatic carbocycles. The number of aromatic amines is 1. The molecule has 2 aliphatic rings. The van der Waals surface area contributed by atoms with Crippen molar-refractivity contribution >= 4 is 28.2 Å². The molecule has 0 bridgehead atoms. The highest BCUT2D eigenvalue weighted by Crippen LogP contribution is 2.53. The van der Waals surface area contributed by atoms with Crippen molar-refractivity contribution in [3.05, 3.63) is 46.4 Å². The predicted molar refractivity (Wildman–Crippen MR) is 112 cm³/mol. The van der Waals surface area contributed by atoms with Gasteiger partial charge in [0.05, 0.1) is 45.6 Å². The van der Waals surface area contributed by atoms with Gasteiger partial charge < -0.3 is 10.1 Å². The molecule has 0 fully saturated rings. The molecule has 0 saturated carbocycles. The zero-order valence-electron chi connectivity index (χ0n) is 16.6. The Morgan fingerprint density at radius 1 is 1.27 bits per heavy atom. The molecule has 2 aromatic heterocycles. The lowest BCUT2D eigenvalue weighted by molar-refractivity contribution is 0.358. The minimum atomic E-state index is -0.434. The summed E-state index contributed by atoms with van der Waals surface area (Å²) in [5.74, 6) is 1.84. The van der Waals surface area contributed by atoms with Crippen molar-refractivity contribution < 1.29 is 9.13 Å². The lowest BCUT2D eigenvalue weighted by Gasteiger charge is -2.36. The van der Waals surface area contributed by atoms with E-state index >= 15 is 0 Å². The third kappa shape index (κ3) is 2.17. The Hall–Kier alpha value is -3.13. The molecule has 2 aromatic carbocycles. The molecule has 6 rings (SSSR count). The standard InChI is InChI=1S/C21H18ClFN6O/c1-9-26-28-20-21(2,3)25-17-11-4-5-30-19(11)15(16(22)18(17)29(9)20)10-6-13(23)12-8-24-27-14(12)7-10/h6-8,25H,4-5H2,1-3H3,(H,24,27). The third-order valence-electron chi connectivity index (χ3n) is 5.91. The molecule has 4 aromatic rings. The SMILES string of the molecule is Cc1nnc2n1-c1c(Cl)c(-c3cc(F)c4cn[nH]c4c3)c3c(c1NC2(C)C)CCO3. The Labute approximate surface area is 176 Å². The summed E-state index contributed by atoms with van der Waals surface area (Å²) in [4.78, 5) is 0. The van der Waals surface area contributed by atoms with Crippen LogP contribution >= 0.6 is 11.6 Å². The fraction of sp³-hybridized carbons (Fsp3) is 0.286. The normalized spacial score (nSPS) is 16.0. The number of anilines is 1. The molecule has 4 heterocycles. The van der Waals surface area contributed by atoms with Crippen LogP contribution in [0.1, 0.15) is 31.1 Å². The van der Waals surface area contributed by atoms with Crippen LogP contribution in [0.4, 0.5) is 10.1 Å². The fourth-order valence-corrected chi connectivity index (χ4v) is 4.92. The van der Waals surface area contributed by atoms with E-state index in [0.29, 0.717) is 39.4 Å². The van der Waals surface area contributed by atoms with Crippen molar-refractivity contribution in [2.75, 3.05) is 11.9 Å². The first-order valence-corrected chi connectivity index (χ1v) is 10.1. The number of hydrogen-bond donors (Lipinski definition) is 2. The Balaban J connectivity index is 1.72. The number of fused-ring (bicyclic) bond motifs is 6. The summed E-state index contributed by atoms with van der Waals surface area (Å²) in [7, 11) is 0. The van der Waals surface area contributed by atoms with Crippen LogP contribution in [0.25, 0.3) is 27.7 Å². The molecule has 30 heavy (non-hydrogen) atoms. The number of halogens is 2. The zero-order valence-corrected chi connectivity index (χ0v) is 17.4. The van der Waals surface area contributed by atoms with Crippen molar-refractivity contribution in [3.8, 4) is 22.6 Å². The maximum absolute atomic E-state index is 14.8. The number of rotatable bonds is 1. The van der Waals surface area contributed by atoms with Gasteiger partial charge in [0.1, 0.15) is 17.4 Å². The van der Waals surface area contributed by atoms with Gasteiger partial charge in [0.25, 0.3) is 0 Å². The summed E-state index contributed by atoms with van der Waals surface area (Å²) in [6.45, 7) is 6.56. The molecule has 0 unspecified atom stereocenters. The number of benzene rings is 2. The molecule has 2 aliphatic heterocycles. The molecule has 0 amide bonds. The number of nitrogens with zero attached hydrogens (tertiary/aromatic N) is 4. The van der Waals surface area contributed by atoms with Gasteiger partial charge in [-0.1, -0.05) is 11.6 Å². The van der Waals surface area contributed by atoms with E-state index < -0.39 is 5.54 Å². The first-order chi connectivity index (χ1) is 14.4. The fourth-order valence-electron chi connectivity index (χ4n) is 4.55. The van der Waals surface area contributed by atoms with Gasteiger partial charge in [-0.25, -0.2) is 4.39 Å². The van der Waals surface area contributed by atoms with Crippen molar-refractivity contribution in [1.29, 1.82) is 0 Å². The second-order valence-corrected chi connectivity index (χ2v) is 8.64. The smallest absolute Gasteiger partial charge is 0.162 e. The van der Waals surface area contributed by atoms with E-state index in [2.05, 4.69) is 39.6 Å². The van der Waals surface area contributed by atoms with Gasteiger partial charge in [-0.2, -0.15) is 5.10 Å². The number of hydrogen-bond acceptors (Lipinski definition) is 5. The molecule has 0 saturated heterocycles. The molecule has 152 valence electrons. The highest BCUT2D eigenvalue weighted by molar-refractivity contribution is 6.36. The van der Waals surface area contributed by atoms with Gasteiger partial charge in [-0.05, 0) is 38.5 Å². The lowest BCUT2D eigenvalue weighted by atomic mass is 9.92. The van der Waals surface area contributed by atoms with Crippen molar-refractivity contribution in [2.45, 2.75) is 32.7 Å². The van der Waals surface area contributed by atoms with Crippen LogP contribution < -0.4 is 10.1 Å². The summed E-state index contributed by atoms with van der Waals surface area (Å²) >= 11 is 7.03. The van der Waals surface area contributed by atoms with Crippen molar-refractivity contribution in [1.82, 2.24) is 25.0 Å². The molecule has 0 atom stereocenters. The van der Waals surface area contributed by atoms with Gasteiger partial charge in [-0.15, -0.1) is 10.2 Å². The lowest BCUT2D eigenvalue weighted by Crippen LogP contribution is -2.36. The molecular weight excluding hydrogens is 407 g/mol. The van der Waals surface area contributed by atoms with Crippen LogP contribution in [0.3, 0.4) is 0 Å². The van der Waals surface area contributed by atoms with Crippen LogP contribution in [-0.2, 0) is 12.0 Å². The average molecular weight is 425 g/mol. The molecule has 0 spiro atoms. The Morgan fingerprint density at radius 2 is 2.10 bits per heavy atom. The Morgan fingerprint density at radius 3 is 2.93 bits per heavy atom. The van der Waals surface area contributed by atoms with Crippen molar-refractivity contribution in [2.24, 2.45) is 0 Å². The van der Waals surface area contributed by atoms with Crippen LogP contribution in [-0.4, -0.2) is 31.6 Å². The molecular formula is C21H18ClFN6O. The quantitative estimate of drug-likeness (QED) is 0.470. The zero-order chi connectivity index (χ0) is 20.8. The van der Waals surface area contributed by atoms with Crippen LogP contribution in [0.15, 0.2) is 18.3 Å². The average Bonchev–Trinajstić information content (AvgIpc) is 3.41. The first-order valence-electron chi connectivity index (χ1n) is 9.72. The van der Waals surface area contributed by atoms with Gasteiger partial charge in [-0.3, -0.25) is 9.67 Å². The molecule has 0 radical (unpaired) electrons. The van der Waals surface area contributed by atoms with E-state index in [-0.39, 0.29) is 5.82 Å². The molecule has 9 heteroatoms. The molecule has 2 N–H and O–H groups in total. The number of aromatic nitrogens is 5. The maximum atomic E-state index is 14.8. The van der Waals surface area contributed by atoms with Crippen LogP contribution in [0.2, 0.25) is 5.02 Å². The summed E-state index contributed by atoms with van der Waals surface area (Å²) < 4.78 is 22.8. The summed E-state index contributed by atoms with van der Waals surface area (Å²) in [6.07, 6.45) is 2.21. The minimum absolute atomic E-state index is 0.364. The number of ether oxygens (including phenoxy) is 1. The van der Waals surface area contributed by atoms with E-state index in [9.17, 15) is 4.39 Å². The second kappa shape index (κ2) is 5.72. The maximum Gasteiger partial charge on any atom is 0.162 e. The van der Waals surface area contributed by atoms with E-state index in [1.54, 1.807) is 0 Å². The number of aryl methyl sites for hydroxylation is 1. The van der Waals surface area contributed by atoms with Gasteiger partial charge in [0, 0.05) is 17.5 Å². The highest BCUT2D eigenvalue weighted by atomic mass is 35.5. The number of H-pyrrole nitrogens is 1. The van der Waals surface area contributed by atoms with E-state index in [4.69, 9.17) is 16.3 Å². The Kier molecular flexibility index (Phi) is 3.38.